The quantitative estimate of drug-likeness (QED) is 0.545. The zero-order valence-corrected chi connectivity index (χ0v) is 14.1. The van der Waals surface area contributed by atoms with Crippen molar-refractivity contribution < 1.29 is 9.47 Å². The number of benzene rings is 1. The van der Waals surface area contributed by atoms with Gasteiger partial charge < -0.3 is 15.2 Å². The summed E-state index contributed by atoms with van der Waals surface area (Å²) < 4.78 is 11.1. The first-order valence-corrected chi connectivity index (χ1v) is 8.71. The van der Waals surface area contributed by atoms with E-state index in [1.807, 2.05) is 0 Å². The molecule has 0 spiro atoms. The molecule has 0 aromatic heterocycles. The Labute approximate surface area is 135 Å². The summed E-state index contributed by atoms with van der Waals surface area (Å²) in [6.45, 7) is 2.73. The Kier molecular flexibility index (Phi) is 6.87. The van der Waals surface area contributed by atoms with E-state index >= 15 is 0 Å². The number of ether oxygens (including phenoxy) is 2. The molecule has 0 radical (unpaired) electrons. The average Bonchev–Trinajstić information content (AvgIpc) is 2.94. The van der Waals surface area contributed by atoms with Gasteiger partial charge in [0.2, 0.25) is 0 Å². The molecule has 1 aromatic rings. The van der Waals surface area contributed by atoms with Crippen LogP contribution >= 0.6 is 0 Å². The first-order valence-electron chi connectivity index (χ1n) is 8.71. The van der Waals surface area contributed by atoms with Gasteiger partial charge in [-0.1, -0.05) is 63.3 Å². The molecule has 3 nitrogen and oxygen atoms in total. The van der Waals surface area contributed by atoms with Crippen LogP contribution in [-0.2, 0) is 15.9 Å². The van der Waals surface area contributed by atoms with Gasteiger partial charge >= 0.3 is 0 Å². The van der Waals surface area contributed by atoms with Crippen LogP contribution in [0.25, 0.3) is 0 Å². The van der Waals surface area contributed by atoms with Gasteiger partial charge in [0.15, 0.2) is 0 Å². The second-order valence-corrected chi connectivity index (χ2v) is 6.53. The zero-order valence-electron chi connectivity index (χ0n) is 14.1. The van der Waals surface area contributed by atoms with E-state index < -0.39 is 5.72 Å². The summed E-state index contributed by atoms with van der Waals surface area (Å²) in [5, 5.41) is 0. The molecule has 124 valence electrons. The fraction of sp³-hybridized carbons (Fsp3) is 0.684. The van der Waals surface area contributed by atoms with Gasteiger partial charge in [-0.15, -0.1) is 0 Å². The molecule has 1 aliphatic heterocycles. The maximum atomic E-state index is 6.08. The molecule has 2 unspecified atom stereocenters. The molecule has 2 N–H and O–H groups in total. The van der Waals surface area contributed by atoms with E-state index in [9.17, 15) is 0 Å². The van der Waals surface area contributed by atoms with Crippen molar-refractivity contribution in [3.05, 3.63) is 35.4 Å². The van der Waals surface area contributed by atoms with Gasteiger partial charge in [0.1, 0.15) is 5.72 Å². The monoisotopic (exact) mass is 305 g/mol. The summed E-state index contributed by atoms with van der Waals surface area (Å²) in [4.78, 5) is 0. The van der Waals surface area contributed by atoms with Crippen LogP contribution in [0.5, 0.6) is 0 Å². The van der Waals surface area contributed by atoms with E-state index in [4.69, 9.17) is 15.2 Å². The Morgan fingerprint density at radius 3 is 2.45 bits per heavy atom. The van der Waals surface area contributed by atoms with E-state index in [1.54, 1.807) is 7.11 Å². The van der Waals surface area contributed by atoms with E-state index in [-0.39, 0.29) is 6.10 Å². The Morgan fingerprint density at radius 2 is 1.82 bits per heavy atom. The van der Waals surface area contributed by atoms with Gasteiger partial charge in [-0.2, -0.15) is 0 Å². The third-order valence-corrected chi connectivity index (χ3v) is 4.64. The van der Waals surface area contributed by atoms with E-state index in [2.05, 4.69) is 31.2 Å². The van der Waals surface area contributed by atoms with Crippen molar-refractivity contribution in [3.8, 4) is 0 Å². The topological polar surface area (TPSA) is 44.5 Å². The van der Waals surface area contributed by atoms with Gasteiger partial charge in [-0.05, 0) is 24.0 Å². The maximum absolute atomic E-state index is 6.08. The molecule has 2 rings (SSSR count). The van der Waals surface area contributed by atoms with Crippen LogP contribution in [0, 0.1) is 0 Å². The molecular formula is C19H31NO2. The van der Waals surface area contributed by atoms with Gasteiger partial charge in [-0.3, -0.25) is 0 Å². The molecule has 1 fully saturated rings. The predicted octanol–water partition coefficient (Wildman–Crippen LogP) is 4.35. The third-order valence-electron chi connectivity index (χ3n) is 4.64. The lowest BCUT2D eigenvalue weighted by Gasteiger charge is -2.19. The summed E-state index contributed by atoms with van der Waals surface area (Å²) in [5.41, 5.74) is 8.09. The first-order chi connectivity index (χ1) is 10.7. The minimum atomic E-state index is -0.623. The molecule has 0 aliphatic carbocycles. The molecular weight excluding hydrogens is 274 g/mol. The predicted molar refractivity (Wildman–Crippen MR) is 90.8 cm³/mol. The summed E-state index contributed by atoms with van der Waals surface area (Å²) in [7, 11) is 1.65. The van der Waals surface area contributed by atoms with Crippen LogP contribution in [-0.4, -0.2) is 19.4 Å². The minimum Gasteiger partial charge on any atom is -0.369 e. The van der Waals surface area contributed by atoms with Crippen molar-refractivity contribution in [2.75, 3.05) is 13.7 Å². The Hall–Kier alpha value is -0.900. The molecule has 1 heterocycles. The molecule has 2 atom stereocenters. The first kappa shape index (κ1) is 17.5. The molecule has 0 bridgehead atoms. The van der Waals surface area contributed by atoms with Crippen molar-refractivity contribution in [3.63, 3.8) is 0 Å². The average molecular weight is 305 g/mol. The summed E-state index contributed by atoms with van der Waals surface area (Å²) in [6, 6.07) is 8.82. The molecule has 1 aromatic carbocycles. The standard InChI is InChI=1S/C19H31NO2/c1-3-4-5-6-7-8-9-16-10-12-17(13-11-16)18-14-19(20,21-2)15-22-18/h10-13,18H,3-9,14-15,20H2,1-2H3. The smallest absolute Gasteiger partial charge is 0.142 e. The molecule has 0 saturated carbocycles. The number of rotatable bonds is 9. The van der Waals surface area contributed by atoms with Crippen molar-refractivity contribution in [1.29, 1.82) is 0 Å². The van der Waals surface area contributed by atoms with Crippen LogP contribution in [0.3, 0.4) is 0 Å². The van der Waals surface area contributed by atoms with Crippen LogP contribution in [0.1, 0.15) is 69.1 Å². The lowest BCUT2D eigenvalue weighted by atomic mass is 9.99. The van der Waals surface area contributed by atoms with Crippen molar-refractivity contribution in [2.24, 2.45) is 5.73 Å². The molecule has 1 aliphatic rings. The van der Waals surface area contributed by atoms with Crippen LogP contribution in [0.4, 0.5) is 0 Å². The largest absolute Gasteiger partial charge is 0.369 e. The van der Waals surface area contributed by atoms with E-state index in [0.717, 1.165) is 6.42 Å². The highest BCUT2D eigenvalue weighted by Crippen LogP contribution is 2.34. The highest BCUT2D eigenvalue weighted by molar-refractivity contribution is 5.25. The number of hydrogen-bond acceptors (Lipinski definition) is 3. The summed E-state index contributed by atoms with van der Waals surface area (Å²) >= 11 is 0. The van der Waals surface area contributed by atoms with Gasteiger partial charge in [0, 0.05) is 13.5 Å². The Balaban J connectivity index is 1.74. The second kappa shape index (κ2) is 8.66. The van der Waals surface area contributed by atoms with E-state index in [1.165, 1.54) is 56.1 Å². The Bertz CT molecular complexity index is 432. The van der Waals surface area contributed by atoms with Crippen LogP contribution in [0.15, 0.2) is 24.3 Å². The maximum Gasteiger partial charge on any atom is 0.142 e. The van der Waals surface area contributed by atoms with Crippen LogP contribution in [0.2, 0.25) is 0 Å². The molecule has 3 heteroatoms. The van der Waals surface area contributed by atoms with Crippen LogP contribution < -0.4 is 5.73 Å². The number of aryl methyl sites for hydroxylation is 1. The fourth-order valence-corrected chi connectivity index (χ4v) is 3.04. The fourth-order valence-electron chi connectivity index (χ4n) is 3.04. The number of nitrogens with two attached hydrogens (primary N) is 1. The van der Waals surface area contributed by atoms with E-state index in [0.29, 0.717) is 6.61 Å². The number of methoxy groups -OCH3 is 1. The summed E-state index contributed by atoms with van der Waals surface area (Å²) in [6.07, 6.45) is 10.0. The SMILES string of the molecule is CCCCCCCCc1ccc(C2CC(N)(OC)CO2)cc1. The van der Waals surface area contributed by atoms with Gasteiger partial charge in [0.05, 0.1) is 12.7 Å². The summed E-state index contributed by atoms with van der Waals surface area (Å²) in [5.74, 6) is 0. The normalized spacial score (nSPS) is 24.8. The van der Waals surface area contributed by atoms with Crippen molar-refractivity contribution in [2.45, 2.75) is 70.1 Å². The number of unbranched alkanes of at least 4 members (excludes halogenated alkanes) is 5. The van der Waals surface area contributed by atoms with Gasteiger partial charge in [0.25, 0.3) is 0 Å². The molecule has 1 saturated heterocycles. The minimum absolute atomic E-state index is 0.0630. The zero-order chi connectivity index (χ0) is 15.8. The Morgan fingerprint density at radius 1 is 1.14 bits per heavy atom. The van der Waals surface area contributed by atoms with Crippen molar-refractivity contribution in [1.82, 2.24) is 0 Å². The second-order valence-electron chi connectivity index (χ2n) is 6.53. The van der Waals surface area contributed by atoms with Gasteiger partial charge in [-0.25, -0.2) is 0 Å². The highest BCUT2D eigenvalue weighted by atomic mass is 16.6. The highest BCUT2D eigenvalue weighted by Gasteiger charge is 2.37. The lowest BCUT2D eigenvalue weighted by Crippen LogP contribution is -2.42. The number of hydrogen-bond donors (Lipinski definition) is 1. The van der Waals surface area contributed by atoms with Crippen molar-refractivity contribution >= 4 is 0 Å². The molecule has 0 amide bonds. The lowest BCUT2D eigenvalue weighted by molar-refractivity contribution is -0.0136. The third kappa shape index (κ3) is 5.08. The molecule has 22 heavy (non-hydrogen) atoms.